The molecule has 0 spiro atoms. The van der Waals surface area contributed by atoms with Crippen molar-refractivity contribution in [3.63, 3.8) is 0 Å². The Balaban J connectivity index is 1.98. The molecule has 1 heterocycles. The molecule has 0 fully saturated rings. The minimum absolute atomic E-state index is 0.0276. The zero-order valence-corrected chi connectivity index (χ0v) is 13.1. The first-order chi connectivity index (χ1) is 11.1. The van der Waals surface area contributed by atoms with Crippen molar-refractivity contribution in [3.05, 3.63) is 51.0 Å². The lowest BCUT2D eigenvalue weighted by molar-refractivity contribution is -0.385. The number of hydrazone groups is 1. The predicted octanol–water partition coefficient (Wildman–Crippen LogP) is 2.60. The first-order valence-corrected chi connectivity index (χ1v) is 7.60. The monoisotopic (exact) mass is 334 g/mol. The predicted molar refractivity (Wildman–Crippen MR) is 86.8 cm³/mol. The highest BCUT2D eigenvalue weighted by atomic mass is 32.1. The first-order valence-electron chi connectivity index (χ1n) is 6.72. The average molecular weight is 334 g/mol. The van der Waals surface area contributed by atoms with E-state index in [4.69, 9.17) is 4.74 Å². The van der Waals surface area contributed by atoms with Gasteiger partial charge in [0.25, 0.3) is 5.69 Å². The van der Waals surface area contributed by atoms with E-state index < -0.39 is 4.92 Å². The van der Waals surface area contributed by atoms with Crippen LogP contribution in [0.5, 0.6) is 0 Å². The summed E-state index contributed by atoms with van der Waals surface area (Å²) < 4.78 is 4.84. The van der Waals surface area contributed by atoms with E-state index in [-0.39, 0.29) is 18.1 Å². The first kappa shape index (κ1) is 16.6. The Hall–Kier alpha value is -2.81. The van der Waals surface area contributed by atoms with E-state index >= 15 is 0 Å². The Labute approximate surface area is 136 Å². The van der Waals surface area contributed by atoms with Crippen molar-refractivity contribution in [3.8, 4) is 0 Å². The maximum Gasteiger partial charge on any atom is 0.311 e. The van der Waals surface area contributed by atoms with Crippen molar-refractivity contribution >= 4 is 34.3 Å². The van der Waals surface area contributed by atoms with E-state index in [9.17, 15) is 14.9 Å². The summed E-state index contributed by atoms with van der Waals surface area (Å²) in [4.78, 5) is 25.9. The highest BCUT2D eigenvalue weighted by Gasteiger charge is 2.10. The topological polar surface area (TPSA) is 107 Å². The van der Waals surface area contributed by atoms with Gasteiger partial charge in [-0.05, 0) is 13.0 Å². The maximum atomic E-state index is 11.4. The molecule has 2 rings (SSSR count). The summed E-state index contributed by atoms with van der Waals surface area (Å²) in [5, 5.41) is 17.0. The van der Waals surface area contributed by atoms with Gasteiger partial charge in [-0.15, -0.1) is 11.3 Å². The molecule has 120 valence electrons. The molecular formula is C14H14N4O4S. The fourth-order valence-electron chi connectivity index (χ4n) is 1.72. The van der Waals surface area contributed by atoms with Crippen molar-refractivity contribution in [2.24, 2.45) is 5.10 Å². The summed E-state index contributed by atoms with van der Waals surface area (Å²) in [6, 6.07) is 6.28. The summed E-state index contributed by atoms with van der Waals surface area (Å²) >= 11 is 1.28. The third kappa shape index (κ3) is 4.85. The number of hydrogen-bond acceptors (Lipinski definition) is 8. The van der Waals surface area contributed by atoms with Crippen LogP contribution in [0.2, 0.25) is 0 Å². The number of nitro groups is 1. The van der Waals surface area contributed by atoms with Crippen molar-refractivity contribution in [1.82, 2.24) is 4.98 Å². The Morgan fingerprint density at radius 1 is 1.52 bits per heavy atom. The molecule has 9 heteroatoms. The van der Waals surface area contributed by atoms with Gasteiger partial charge in [-0.1, -0.05) is 12.1 Å². The largest absolute Gasteiger partial charge is 0.466 e. The molecule has 1 aromatic heterocycles. The van der Waals surface area contributed by atoms with Gasteiger partial charge >= 0.3 is 5.97 Å². The number of anilines is 1. The van der Waals surface area contributed by atoms with Crippen LogP contribution in [-0.2, 0) is 16.0 Å². The molecule has 23 heavy (non-hydrogen) atoms. The van der Waals surface area contributed by atoms with Gasteiger partial charge in [0.15, 0.2) is 0 Å². The van der Waals surface area contributed by atoms with E-state index in [1.54, 1.807) is 30.5 Å². The number of hydrogen-bond donors (Lipinski definition) is 1. The standard InChI is InChI=1S/C14H14N4O4S/c1-2-22-13(19)7-11-9-23-14(16-11)17-15-8-10-5-3-4-6-12(10)18(20)21/h3-6,8-9H,2,7H2,1H3,(H,16,17)/b15-8+. The SMILES string of the molecule is CCOC(=O)Cc1csc(N/N=C/c2ccccc2[N+](=O)[O-])n1. The smallest absolute Gasteiger partial charge is 0.311 e. The number of rotatable bonds is 7. The van der Waals surface area contributed by atoms with Crippen LogP contribution >= 0.6 is 11.3 Å². The molecular weight excluding hydrogens is 320 g/mol. The highest BCUT2D eigenvalue weighted by Crippen LogP contribution is 2.17. The van der Waals surface area contributed by atoms with Crippen LogP contribution < -0.4 is 5.43 Å². The van der Waals surface area contributed by atoms with Gasteiger partial charge in [-0.3, -0.25) is 20.3 Å². The van der Waals surface area contributed by atoms with E-state index in [0.29, 0.717) is 23.0 Å². The third-order valence-electron chi connectivity index (χ3n) is 2.68. The fourth-order valence-corrected chi connectivity index (χ4v) is 2.38. The van der Waals surface area contributed by atoms with Crippen LogP contribution in [0, 0.1) is 10.1 Å². The molecule has 0 amide bonds. The van der Waals surface area contributed by atoms with Crippen LogP contribution in [-0.4, -0.2) is 28.7 Å². The Morgan fingerprint density at radius 3 is 3.04 bits per heavy atom. The molecule has 1 aromatic carbocycles. The lowest BCUT2D eigenvalue weighted by atomic mass is 10.2. The average Bonchev–Trinajstić information content (AvgIpc) is 2.95. The number of esters is 1. The number of thiazole rings is 1. The van der Waals surface area contributed by atoms with Crippen molar-refractivity contribution in [1.29, 1.82) is 0 Å². The fraction of sp³-hybridized carbons (Fsp3) is 0.214. The quantitative estimate of drug-likeness (QED) is 0.361. The van der Waals surface area contributed by atoms with Gasteiger partial charge in [-0.2, -0.15) is 5.10 Å². The summed E-state index contributed by atoms with van der Waals surface area (Å²) in [6.07, 6.45) is 1.45. The number of nitrogens with zero attached hydrogens (tertiary/aromatic N) is 3. The van der Waals surface area contributed by atoms with Crippen LogP contribution in [0.25, 0.3) is 0 Å². The summed E-state index contributed by atoms with van der Waals surface area (Å²) in [5.41, 5.74) is 3.62. The van der Waals surface area contributed by atoms with Gasteiger partial charge in [-0.25, -0.2) is 4.98 Å². The number of benzene rings is 1. The minimum atomic E-state index is -0.470. The second-order valence-electron chi connectivity index (χ2n) is 4.31. The van der Waals surface area contributed by atoms with E-state index in [1.165, 1.54) is 23.6 Å². The molecule has 0 unspecified atom stereocenters. The number of carbonyl (C=O) groups excluding carboxylic acids is 1. The van der Waals surface area contributed by atoms with E-state index in [0.717, 1.165) is 0 Å². The molecule has 0 bridgehead atoms. The van der Waals surface area contributed by atoms with Crippen LogP contribution in [0.3, 0.4) is 0 Å². The Kier molecular flexibility index (Phi) is 5.75. The van der Waals surface area contributed by atoms with Gasteiger partial charge in [0.2, 0.25) is 5.13 Å². The maximum absolute atomic E-state index is 11.4. The van der Waals surface area contributed by atoms with Gasteiger partial charge in [0.1, 0.15) is 0 Å². The second-order valence-corrected chi connectivity index (χ2v) is 5.17. The lowest BCUT2D eigenvalue weighted by Gasteiger charge is -1.98. The van der Waals surface area contributed by atoms with Crippen LogP contribution in [0.15, 0.2) is 34.7 Å². The van der Waals surface area contributed by atoms with Crippen LogP contribution in [0.4, 0.5) is 10.8 Å². The van der Waals surface area contributed by atoms with Gasteiger partial charge in [0, 0.05) is 11.4 Å². The number of nitrogens with one attached hydrogen (secondary N) is 1. The summed E-state index contributed by atoms with van der Waals surface area (Å²) in [6.45, 7) is 2.07. The van der Waals surface area contributed by atoms with Gasteiger partial charge < -0.3 is 4.74 Å². The number of nitro benzene ring substituents is 1. The Bertz CT molecular complexity index is 729. The summed E-state index contributed by atoms with van der Waals surface area (Å²) in [5.74, 6) is -0.340. The third-order valence-corrected chi connectivity index (χ3v) is 3.48. The van der Waals surface area contributed by atoms with Crippen molar-refractivity contribution < 1.29 is 14.5 Å². The zero-order valence-electron chi connectivity index (χ0n) is 12.3. The molecule has 0 aliphatic carbocycles. The number of aromatic nitrogens is 1. The molecule has 0 aliphatic heterocycles. The molecule has 8 nitrogen and oxygen atoms in total. The molecule has 0 saturated carbocycles. The summed E-state index contributed by atoms with van der Waals surface area (Å²) in [7, 11) is 0. The molecule has 0 aliphatic rings. The molecule has 0 saturated heterocycles. The van der Waals surface area contributed by atoms with E-state index in [1.807, 2.05) is 0 Å². The molecule has 0 radical (unpaired) electrons. The zero-order chi connectivity index (χ0) is 16.7. The van der Waals surface area contributed by atoms with Gasteiger partial charge in [0.05, 0.1) is 35.4 Å². The van der Waals surface area contributed by atoms with E-state index in [2.05, 4.69) is 15.5 Å². The van der Waals surface area contributed by atoms with Crippen molar-refractivity contribution in [2.45, 2.75) is 13.3 Å². The number of para-hydroxylation sites is 1. The highest BCUT2D eigenvalue weighted by molar-refractivity contribution is 7.13. The van der Waals surface area contributed by atoms with Crippen LogP contribution in [0.1, 0.15) is 18.2 Å². The Morgan fingerprint density at radius 2 is 2.30 bits per heavy atom. The minimum Gasteiger partial charge on any atom is -0.466 e. The second kappa shape index (κ2) is 7.99. The normalized spacial score (nSPS) is 10.7. The lowest BCUT2D eigenvalue weighted by Crippen LogP contribution is -2.07. The van der Waals surface area contributed by atoms with Crippen molar-refractivity contribution in [2.75, 3.05) is 12.0 Å². The number of carbonyl (C=O) groups is 1. The number of ether oxygens (including phenoxy) is 1. The molecule has 2 aromatic rings. The molecule has 0 atom stereocenters. The molecule has 1 N–H and O–H groups in total.